The van der Waals surface area contributed by atoms with Crippen molar-refractivity contribution in [3.8, 4) is 0 Å². The maximum absolute atomic E-state index is 12.2. The highest BCUT2D eigenvalue weighted by molar-refractivity contribution is 6.32. The number of amides is 1. The van der Waals surface area contributed by atoms with Crippen molar-refractivity contribution in [3.05, 3.63) is 51.8 Å². The molecule has 0 radical (unpaired) electrons. The van der Waals surface area contributed by atoms with E-state index in [2.05, 4.69) is 50.2 Å². The van der Waals surface area contributed by atoms with Crippen molar-refractivity contribution in [2.45, 2.75) is 53.5 Å². The molecule has 0 atom stereocenters. The summed E-state index contributed by atoms with van der Waals surface area (Å²) in [5.74, 6) is 0.178. The van der Waals surface area contributed by atoms with Crippen LogP contribution in [0, 0.1) is 12.8 Å². The zero-order chi connectivity index (χ0) is 19.5. The average Bonchev–Trinajstić information content (AvgIpc) is 2.80. The summed E-state index contributed by atoms with van der Waals surface area (Å²) in [6, 6.07) is 7.56. The lowest BCUT2D eigenvalue weighted by Gasteiger charge is -2.18. The summed E-state index contributed by atoms with van der Waals surface area (Å²) in [6.07, 6.45) is 1.54. The predicted octanol–water partition coefficient (Wildman–Crippen LogP) is 4.56. The van der Waals surface area contributed by atoms with E-state index in [1.807, 2.05) is 31.2 Å². The van der Waals surface area contributed by atoms with Crippen LogP contribution in [-0.2, 0) is 12.0 Å². The first-order valence-corrected chi connectivity index (χ1v) is 9.14. The smallest absolute Gasteiger partial charge is 0.267 e. The van der Waals surface area contributed by atoms with Crippen molar-refractivity contribution in [2.75, 3.05) is 0 Å². The van der Waals surface area contributed by atoms with Crippen LogP contribution in [0.4, 0.5) is 0 Å². The Morgan fingerprint density at radius 3 is 2.46 bits per heavy atom. The topological polar surface area (TPSA) is 59.3 Å². The first-order valence-electron chi connectivity index (χ1n) is 8.76. The van der Waals surface area contributed by atoms with Crippen LogP contribution in [0.1, 0.15) is 61.8 Å². The molecule has 0 aliphatic heterocycles. The van der Waals surface area contributed by atoms with Crippen LogP contribution in [0.3, 0.4) is 0 Å². The summed E-state index contributed by atoms with van der Waals surface area (Å²) >= 11 is 6.36. The van der Waals surface area contributed by atoms with Gasteiger partial charge < -0.3 is 0 Å². The highest BCUT2D eigenvalue weighted by Crippen LogP contribution is 2.22. The van der Waals surface area contributed by atoms with E-state index >= 15 is 0 Å². The van der Waals surface area contributed by atoms with E-state index in [1.54, 1.807) is 10.9 Å². The standard InChI is InChI=1S/C20H27ClN4O/c1-13(2)12-25-18(21)17(14(3)24-25)11-22-23-19(26)15-7-9-16(10-8-15)20(4,5)6/h7-11,13H,12H2,1-6H3,(H,23,26)/b22-11-. The lowest BCUT2D eigenvalue weighted by atomic mass is 9.87. The van der Waals surface area contributed by atoms with Crippen molar-refractivity contribution in [1.82, 2.24) is 15.2 Å². The fourth-order valence-corrected chi connectivity index (χ4v) is 2.81. The zero-order valence-corrected chi connectivity index (χ0v) is 17.1. The number of benzene rings is 1. The third-order valence-corrected chi connectivity index (χ3v) is 4.42. The van der Waals surface area contributed by atoms with Gasteiger partial charge in [-0.15, -0.1) is 0 Å². The molecule has 0 unspecified atom stereocenters. The molecule has 1 heterocycles. The Morgan fingerprint density at radius 1 is 1.31 bits per heavy atom. The molecular formula is C20H27ClN4O. The van der Waals surface area contributed by atoms with Gasteiger partial charge >= 0.3 is 0 Å². The van der Waals surface area contributed by atoms with Crippen molar-refractivity contribution in [2.24, 2.45) is 11.0 Å². The molecule has 140 valence electrons. The summed E-state index contributed by atoms with van der Waals surface area (Å²) in [5, 5.41) is 8.99. The second-order valence-electron chi connectivity index (χ2n) is 7.89. The van der Waals surface area contributed by atoms with Crippen LogP contribution in [-0.4, -0.2) is 21.9 Å². The van der Waals surface area contributed by atoms with Gasteiger partial charge in [-0.3, -0.25) is 9.48 Å². The largest absolute Gasteiger partial charge is 0.271 e. The van der Waals surface area contributed by atoms with Gasteiger partial charge in [0.15, 0.2) is 0 Å². The van der Waals surface area contributed by atoms with Crippen molar-refractivity contribution >= 4 is 23.7 Å². The third-order valence-electron chi connectivity index (χ3n) is 4.02. The van der Waals surface area contributed by atoms with Crippen molar-refractivity contribution in [1.29, 1.82) is 0 Å². The molecule has 0 aliphatic carbocycles. The number of aromatic nitrogens is 2. The fraction of sp³-hybridized carbons (Fsp3) is 0.450. The van der Waals surface area contributed by atoms with Crippen molar-refractivity contribution in [3.63, 3.8) is 0 Å². The van der Waals surface area contributed by atoms with E-state index in [4.69, 9.17) is 11.6 Å². The van der Waals surface area contributed by atoms with Crippen LogP contribution in [0.2, 0.25) is 5.15 Å². The van der Waals surface area contributed by atoms with E-state index in [0.29, 0.717) is 16.6 Å². The molecule has 2 rings (SSSR count). The number of halogens is 1. The van der Waals surface area contributed by atoms with Gasteiger partial charge in [-0.25, -0.2) is 5.43 Å². The number of nitrogens with zero attached hydrogens (tertiary/aromatic N) is 3. The molecule has 1 aromatic heterocycles. The SMILES string of the molecule is Cc1nn(CC(C)C)c(Cl)c1/C=N\NC(=O)c1ccc(C(C)(C)C)cc1. The molecule has 1 N–H and O–H groups in total. The van der Waals surface area contributed by atoms with E-state index in [1.165, 1.54) is 5.56 Å². The summed E-state index contributed by atoms with van der Waals surface area (Å²) in [5.41, 5.74) is 5.84. The highest BCUT2D eigenvalue weighted by atomic mass is 35.5. The van der Waals surface area contributed by atoms with Gasteiger partial charge in [-0.05, 0) is 36.0 Å². The molecule has 0 saturated heterocycles. The number of hydrogen-bond donors (Lipinski definition) is 1. The Kier molecular flexibility index (Phi) is 6.24. The van der Waals surface area contributed by atoms with Crippen LogP contribution in [0.5, 0.6) is 0 Å². The van der Waals surface area contributed by atoms with E-state index in [0.717, 1.165) is 17.8 Å². The minimum absolute atomic E-state index is 0.0532. The molecule has 0 fully saturated rings. The van der Waals surface area contributed by atoms with Gasteiger partial charge in [0, 0.05) is 12.1 Å². The second-order valence-corrected chi connectivity index (χ2v) is 8.25. The lowest BCUT2D eigenvalue weighted by Crippen LogP contribution is -2.18. The fourth-order valence-electron chi connectivity index (χ4n) is 2.52. The second kappa shape index (κ2) is 8.04. The van der Waals surface area contributed by atoms with Crippen LogP contribution in [0.15, 0.2) is 29.4 Å². The molecule has 5 nitrogen and oxygen atoms in total. The number of hydrazone groups is 1. The molecule has 0 spiro atoms. The van der Waals surface area contributed by atoms with E-state index < -0.39 is 0 Å². The molecular weight excluding hydrogens is 348 g/mol. The molecule has 0 saturated carbocycles. The Morgan fingerprint density at radius 2 is 1.92 bits per heavy atom. The Bertz CT molecular complexity index is 798. The van der Waals surface area contributed by atoms with Gasteiger partial charge in [0.25, 0.3) is 5.91 Å². The maximum atomic E-state index is 12.2. The molecule has 2 aromatic rings. The summed E-state index contributed by atoms with van der Waals surface area (Å²) < 4.78 is 1.76. The van der Waals surface area contributed by atoms with Gasteiger partial charge in [0.2, 0.25) is 0 Å². The van der Waals surface area contributed by atoms with Gasteiger partial charge in [0.1, 0.15) is 5.15 Å². The quantitative estimate of drug-likeness (QED) is 0.615. The predicted molar refractivity (Wildman–Crippen MR) is 107 cm³/mol. The highest BCUT2D eigenvalue weighted by Gasteiger charge is 2.15. The minimum atomic E-state index is -0.259. The van der Waals surface area contributed by atoms with Gasteiger partial charge in [0.05, 0.1) is 17.5 Å². The van der Waals surface area contributed by atoms with E-state index in [-0.39, 0.29) is 11.3 Å². The Labute approximate surface area is 160 Å². The summed E-state index contributed by atoms with van der Waals surface area (Å²) in [7, 11) is 0. The molecule has 1 amide bonds. The lowest BCUT2D eigenvalue weighted by molar-refractivity contribution is 0.0955. The number of carbonyl (C=O) groups excluding carboxylic acids is 1. The van der Waals surface area contributed by atoms with Crippen LogP contribution < -0.4 is 5.43 Å². The number of nitrogens with one attached hydrogen (secondary N) is 1. The molecule has 0 aliphatic rings. The number of aryl methyl sites for hydroxylation is 1. The average molecular weight is 375 g/mol. The maximum Gasteiger partial charge on any atom is 0.271 e. The van der Waals surface area contributed by atoms with E-state index in [9.17, 15) is 4.79 Å². The zero-order valence-electron chi connectivity index (χ0n) is 16.3. The minimum Gasteiger partial charge on any atom is -0.267 e. The van der Waals surface area contributed by atoms with Crippen molar-refractivity contribution < 1.29 is 4.79 Å². The first-order chi connectivity index (χ1) is 12.1. The normalized spacial score (nSPS) is 12.2. The summed E-state index contributed by atoms with van der Waals surface area (Å²) in [4.78, 5) is 12.2. The van der Waals surface area contributed by atoms with Crippen LogP contribution in [0.25, 0.3) is 0 Å². The Balaban J connectivity index is 2.06. The number of hydrogen-bond acceptors (Lipinski definition) is 3. The third kappa shape index (κ3) is 4.94. The Hall–Kier alpha value is -2.14. The number of rotatable bonds is 5. The monoisotopic (exact) mass is 374 g/mol. The molecule has 26 heavy (non-hydrogen) atoms. The molecule has 6 heteroatoms. The molecule has 1 aromatic carbocycles. The number of carbonyl (C=O) groups is 1. The van der Waals surface area contributed by atoms with Gasteiger partial charge in [-0.2, -0.15) is 10.2 Å². The van der Waals surface area contributed by atoms with Crippen LogP contribution >= 0.6 is 11.6 Å². The molecule has 0 bridgehead atoms. The first kappa shape index (κ1) is 20.2. The van der Waals surface area contributed by atoms with Gasteiger partial charge in [-0.1, -0.05) is 58.4 Å². The summed E-state index contributed by atoms with van der Waals surface area (Å²) in [6.45, 7) is 13.2.